The van der Waals surface area contributed by atoms with E-state index in [0.29, 0.717) is 30.5 Å². The van der Waals surface area contributed by atoms with E-state index in [9.17, 15) is 9.59 Å². The SMILES string of the molecule is CN1C(=O)NC(=O)C2C1NC(=NCCCO)N2Cc1ccc(Cl)cc1. The molecule has 2 heterocycles. The summed E-state index contributed by atoms with van der Waals surface area (Å²) in [6.45, 7) is 0.910. The second kappa shape index (κ2) is 7.28. The van der Waals surface area contributed by atoms with E-state index in [0.717, 1.165) is 5.56 Å². The minimum atomic E-state index is -0.578. The van der Waals surface area contributed by atoms with E-state index >= 15 is 0 Å². The van der Waals surface area contributed by atoms with Gasteiger partial charge < -0.3 is 20.2 Å². The molecule has 9 heteroatoms. The quantitative estimate of drug-likeness (QED) is 0.655. The summed E-state index contributed by atoms with van der Waals surface area (Å²) in [5.41, 5.74) is 0.967. The molecule has 3 N–H and O–H groups in total. The average Bonchev–Trinajstić information content (AvgIpc) is 2.94. The number of carbonyl (C=O) groups excluding carboxylic acids is 2. The Morgan fingerprint density at radius 2 is 2.00 bits per heavy atom. The number of aliphatic hydroxyl groups excluding tert-OH is 1. The first kappa shape index (κ1) is 17.5. The fraction of sp³-hybridized carbons (Fsp3) is 0.438. The molecule has 3 rings (SSSR count). The van der Waals surface area contributed by atoms with Gasteiger partial charge in [-0.2, -0.15) is 0 Å². The molecule has 0 aliphatic carbocycles. The first-order valence-electron chi connectivity index (χ1n) is 8.02. The van der Waals surface area contributed by atoms with Crippen LogP contribution in [0.5, 0.6) is 0 Å². The van der Waals surface area contributed by atoms with Gasteiger partial charge in [-0.3, -0.25) is 15.1 Å². The summed E-state index contributed by atoms with van der Waals surface area (Å²) in [5.74, 6) is 0.178. The molecule has 25 heavy (non-hydrogen) atoms. The second-order valence-corrected chi connectivity index (χ2v) is 6.41. The molecule has 2 aliphatic rings. The summed E-state index contributed by atoms with van der Waals surface area (Å²) in [7, 11) is 1.63. The second-order valence-electron chi connectivity index (χ2n) is 5.98. The summed E-state index contributed by atoms with van der Waals surface area (Å²) in [5, 5.41) is 15.1. The van der Waals surface area contributed by atoms with Crippen molar-refractivity contribution in [3.8, 4) is 0 Å². The largest absolute Gasteiger partial charge is 0.396 e. The topological polar surface area (TPSA) is 97.3 Å². The van der Waals surface area contributed by atoms with Crippen molar-refractivity contribution >= 4 is 29.5 Å². The van der Waals surface area contributed by atoms with E-state index in [1.807, 2.05) is 17.0 Å². The maximum Gasteiger partial charge on any atom is 0.325 e. The minimum absolute atomic E-state index is 0.0414. The highest BCUT2D eigenvalue weighted by Crippen LogP contribution is 2.23. The van der Waals surface area contributed by atoms with Crippen molar-refractivity contribution < 1.29 is 14.7 Å². The van der Waals surface area contributed by atoms with Crippen molar-refractivity contribution in [2.45, 2.75) is 25.2 Å². The minimum Gasteiger partial charge on any atom is -0.396 e. The summed E-state index contributed by atoms with van der Waals surface area (Å²) in [4.78, 5) is 32.0. The Kier molecular flexibility index (Phi) is 5.10. The molecular formula is C16H20ClN5O3. The van der Waals surface area contributed by atoms with E-state index < -0.39 is 18.2 Å². The number of nitrogens with zero attached hydrogens (tertiary/aromatic N) is 3. The third-order valence-electron chi connectivity index (χ3n) is 4.26. The van der Waals surface area contributed by atoms with Crippen molar-refractivity contribution in [1.82, 2.24) is 20.4 Å². The first-order chi connectivity index (χ1) is 12.0. The number of aliphatic hydroxyl groups is 1. The number of guanidine groups is 1. The molecule has 2 atom stereocenters. The van der Waals surface area contributed by atoms with Gasteiger partial charge >= 0.3 is 6.03 Å². The fourth-order valence-electron chi connectivity index (χ4n) is 2.94. The number of likely N-dealkylation sites (N-methyl/N-ethyl adjacent to an activating group) is 1. The predicted octanol–water partition coefficient (Wildman–Crippen LogP) is 0.360. The van der Waals surface area contributed by atoms with E-state index in [1.54, 1.807) is 19.2 Å². The van der Waals surface area contributed by atoms with Gasteiger partial charge in [0.2, 0.25) is 0 Å². The number of rotatable bonds is 5. The smallest absolute Gasteiger partial charge is 0.325 e. The number of amides is 3. The highest BCUT2D eigenvalue weighted by atomic mass is 35.5. The molecule has 1 aromatic rings. The van der Waals surface area contributed by atoms with E-state index in [-0.39, 0.29) is 12.5 Å². The Bertz CT molecular complexity index is 694. The van der Waals surface area contributed by atoms with Gasteiger partial charge in [0.05, 0.1) is 0 Å². The van der Waals surface area contributed by atoms with Crippen LogP contribution >= 0.6 is 11.6 Å². The molecule has 2 aliphatic heterocycles. The van der Waals surface area contributed by atoms with Gasteiger partial charge in [0.1, 0.15) is 6.17 Å². The number of fused-ring (bicyclic) bond motifs is 1. The molecule has 0 radical (unpaired) electrons. The molecule has 0 aromatic heterocycles. The zero-order valence-corrected chi connectivity index (χ0v) is 14.5. The van der Waals surface area contributed by atoms with Gasteiger partial charge in [-0.15, -0.1) is 0 Å². The third-order valence-corrected chi connectivity index (χ3v) is 4.52. The molecule has 134 valence electrons. The Balaban J connectivity index is 1.88. The normalized spacial score (nSPS) is 24.4. The Labute approximate surface area is 150 Å². The summed E-state index contributed by atoms with van der Waals surface area (Å²) >= 11 is 5.93. The molecule has 8 nitrogen and oxygen atoms in total. The summed E-state index contributed by atoms with van der Waals surface area (Å²) in [6, 6.07) is 6.33. The average molecular weight is 366 g/mol. The maximum atomic E-state index is 12.4. The number of carbonyl (C=O) groups is 2. The fourth-order valence-corrected chi connectivity index (χ4v) is 3.06. The van der Waals surface area contributed by atoms with Crippen molar-refractivity contribution in [3.05, 3.63) is 34.9 Å². The number of urea groups is 1. The number of benzene rings is 1. The molecular weight excluding hydrogens is 346 g/mol. The standard InChI is InChI=1S/C16H20ClN5O3/c1-21-13-12(14(24)20-16(21)25)22(15(19-13)18-7-2-8-23)9-10-3-5-11(17)6-4-10/h3-6,12-13,23H,2,7-9H2,1H3,(H,18,19)(H,20,24,25). The zero-order valence-electron chi connectivity index (χ0n) is 13.8. The van der Waals surface area contributed by atoms with Gasteiger partial charge in [0.15, 0.2) is 12.0 Å². The number of imide groups is 1. The van der Waals surface area contributed by atoms with Gasteiger partial charge in [-0.25, -0.2) is 4.79 Å². The summed E-state index contributed by atoms with van der Waals surface area (Å²) < 4.78 is 0. The number of aliphatic imine (C=N–C) groups is 1. The van der Waals surface area contributed by atoms with Gasteiger partial charge in [0, 0.05) is 31.8 Å². The monoisotopic (exact) mass is 365 g/mol. The van der Waals surface area contributed by atoms with Gasteiger partial charge in [0.25, 0.3) is 5.91 Å². The number of hydrogen-bond acceptors (Lipinski definition) is 4. The van der Waals surface area contributed by atoms with Crippen LogP contribution in [0, 0.1) is 0 Å². The molecule has 0 spiro atoms. The van der Waals surface area contributed by atoms with Crippen LogP contribution in [0.1, 0.15) is 12.0 Å². The van der Waals surface area contributed by atoms with Crippen molar-refractivity contribution in [2.75, 3.05) is 20.2 Å². The Hall–Kier alpha value is -2.32. The van der Waals surface area contributed by atoms with Crippen LogP contribution in [0.25, 0.3) is 0 Å². The summed E-state index contributed by atoms with van der Waals surface area (Å²) in [6.07, 6.45) is 0.0393. The third kappa shape index (κ3) is 3.54. The number of halogens is 1. The molecule has 0 bridgehead atoms. The van der Waals surface area contributed by atoms with Gasteiger partial charge in [-0.1, -0.05) is 23.7 Å². The highest BCUT2D eigenvalue weighted by molar-refractivity contribution is 6.30. The molecule has 1 aromatic carbocycles. The van der Waals surface area contributed by atoms with Crippen molar-refractivity contribution in [2.24, 2.45) is 4.99 Å². The lowest BCUT2D eigenvalue weighted by Crippen LogP contribution is -2.64. The highest BCUT2D eigenvalue weighted by Gasteiger charge is 2.49. The maximum absolute atomic E-state index is 12.4. The van der Waals surface area contributed by atoms with Crippen LogP contribution < -0.4 is 10.6 Å². The van der Waals surface area contributed by atoms with Crippen LogP contribution in [0.2, 0.25) is 5.02 Å². The molecule has 2 fully saturated rings. The van der Waals surface area contributed by atoms with E-state index in [2.05, 4.69) is 15.6 Å². The van der Waals surface area contributed by atoms with Crippen molar-refractivity contribution in [3.63, 3.8) is 0 Å². The lowest BCUT2D eigenvalue weighted by molar-refractivity contribution is -0.127. The van der Waals surface area contributed by atoms with Crippen LogP contribution in [-0.4, -0.2) is 65.2 Å². The first-order valence-corrected chi connectivity index (χ1v) is 8.39. The van der Waals surface area contributed by atoms with Crippen LogP contribution in [0.3, 0.4) is 0 Å². The van der Waals surface area contributed by atoms with Crippen LogP contribution in [0.4, 0.5) is 4.79 Å². The Morgan fingerprint density at radius 1 is 1.28 bits per heavy atom. The Morgan fingerprint density at radius 3 is 2.68 bits per heavy atom. The van der Waals surface area contributed by atoms with Gasteiger partial charge in [-0.05, 0) is 24.1 Å². The van der Waals surface area contributed by atoms with Crippen LogP contribution in [0.15, 0.2) is 29.3 Å². The molecule has 3 amide bonds. The molecule has 2 unspecified atom stereocenters. The van der Waals surface area contributed by atoms with E-state index in [1.165, 1.54) is 4.90 Å². The predicted molar refractivity (Wildman–Crippen MR) is 93.0 cm³/mol. The van der Waals surface area contributed by atoms with Crippen LogP contribution in [-0.2, 0) is 11.3 Å². The zero-order chi connectivity index (χ0) is 18.0. The lowest BCUT2D eigenvalue weighted by Gasteiger charge is -2.35. The number of nitrogens with one attached hydrogen (secondary N) is 2. The lowest BCUT2D eigenvalue weighted by atomic mass is 10.1. The molecule has 0 saturated carbocycles. The molecule has 2 saturated heterocycles. The number of hydrogen-bond donors (Lipinski definition) is 3. The van der Waals surface area contributed by atoms with E-state index in [4.69, 9.17) is 16.7 Å². The van der Waals surface area contributed by atoms with Crippen molar-refractivity contribution in [1.29, 1.82) is 0 Å².